The number of carbonyl (C=O) groups is 1. The predicted molar refractivity (Wildman–Crippen MR) is 103 cm³/mol. The summed E-state index contributed by atoms with van der Waals surface area (Å²) >= 11 is 0. The molecule has 2 aromatic carbocycles. The number of hydrogen-bond donors (Lipinski definition) is 0. The van der Waals surface area contributed by atoms with Crippen LogP contribution in [0.4, 0.5) is 0 Å². The molecule has 3 nitrogen and oxygen atoms in total. The number of benzene rings is 2. The van der Waals surface area contributed by atoms with Gasteiger partial charge in [0.15, 0.2) is 6.29 Å². The van der Waals surface area contributed by atoms with Gasteiger partial charge >= 0.3 is 0 Å². The van der Waals surface area contributed by atoms with Gasteiger partial charge in [-0.3, -0.25) is 4.79 Å². The number of hydrogen-bond acceptors (Lipinski definition) is 2. The smallest absolute Gasteiger partial charge is 0.152 e. The summed E-state index contributed by atoms with van der Waals surface area (Å²) in [6, 6.07) is 16.3. The molecule has 0 fully saturated rings. The standard InChI is InChI=1S/C22H25NO2/c1-3-17(2)19-9-5-7-12-22(19)25-14-8-13-23-15-18(16-24)20-10-4-6-11-21(20)23/h4-7,9-12,15-17H,3,8,13-14H2,1-2H3/t17-/m0/s1. The maximum absolute atomic E-state index is 11.2. The summed E-state index contributed by atoms with van der Waals surface area (Å²) < 4.78 is 8.19. The van der Waals surface area contributed by atoms with E-state index < -0.39 is 0 Å². The Kier molecular flexibility index (Phi) is 5.54. The molecule has 0 saturated carbocycles. The Balaban J connectivity index is 1.64. The van der Waals surface area contributed by atoms with Crippen LogP contribution >= 0.6 is 0 Å². The van der Waals surface area contributed by atoms with Gasteiger partial charge in [-0.2, -0.15) is 0 Å². The molecule has 3 rings (SSSR count). The highest BCUT2D eigenvalue weighted by molar-refractivity contribution is 5.97. The molecule has 0 saturated heterocycles. The zero-order valence-corrected chi connectivity index (χ0v) is 14.9. The topological polar surface area (TPSA) is 31.2 Å². The van der Waals surface area contributed by atoms with Gasteiger partial charge in [0, 0.05) is 29.2 Å². The van der Waals surface area contributed by atoms with Gasteiger partial charge in [0.25, 0.3) is 0 Å². The van der Waals surface area contributed by atoms with E-state index in [0.717, 1.165) is 47.9 Å². The van der Waals surface area contributed by atoms with Crippen molar-refractivity contribution in [3.63, 3.8) is 0 Å². The monoisotopic (exact) mass is 335 g/mol. The maximum atomic E-state index is 11.2. The van der Waals surface area contributed by atoms with Crippen molar-refractivity contribution in [2.75, 3.05) is 6.61 Å². The number of aromatic nitrogens is 1. The molecule has 0 N–H and O–H groups in total. The summed E-state index contributed by atoms with van der Waals surface area (Å²) in [5.41, 5.74) is 3.13. The predicted octanol–water partition coefficient (Wildman–Crippen LogP) is 5.44. The molecule has 0 spiro atoms. The Labute approximate surface area is 149 Å². The first-order valence-corrected chi connectivity index (χ1v) is 8.99. The van der Waals surface area contributed by atoms with Crippen molar-refractivity contribution >= 4 is 17.2 Å². The SMILES string of the molecule is CC[C@H](C)c1ccccc1OCCCn1cc(C=O)c2ccccc21. The van der Waals surface area contributed by atoms with Crippen LogP contribution in [-0.4, -0.2) is 17.5 Å². The Hall–Kier alpha value is -2.55. The second-order valence-electron chi connectivity index (χ2n) is 6.46. The molecule has 130 valence electrons. The Morgan fingerprint density at radius 1 is 1.12 bits per heavy atom. The molecule has 1 heterocycles. The molecule has 0 aliphatic rings. The summed E-state index contributed by atoms with van der Waals surface area (Å²) in [5, 5.41) is 1.01. The summed E-state index contributed by atoms with van der Waals surface area (Å²) in [7, 11) is 0. The van der Waals surface area contributed by atoms with Crippen molar-refractivity contribution in [1.82, 2.24) is 4.57 Å². The zero-order chi connectivity index (χ0) is 17.6. The number of para-hydroxylation sites is 2. The van der Waals surface area contributed by atoms with E-state index in [1.165, 1.54) is 5.56 Å². The van der Waals surface area contributed by atoms with E-state index in [1.54, 1.807) is 0 Å². The van der Waals surface area contributed by atoms with Crippen molar-refractivity contribution in [2.24, 2.45) is 0 Å². The first kappa shape index (κ1) is 17.3. The van der Waals surface area contributed by atoms with E-state index in [4.69, 9.17) is 4.74 Å². The minimum absolute atomic E-state index is 0.500. The lowest BCUT2D eigenvalue weighted by Gasteiger charge is -2.15. The van der Waals surface area contributed by atoms with Gasteiger partial charge in [-0.25, -0.2) is 0 Å². The molecule has 0 radical (unpaired) electrons. The van der Waals surface area contributed by atoms with Crippen LogP contribution in [0.3, 0.4) is 0 Å². The molecule has 3 heteroatoms. The third kappa shape index (κ3) is 3.76. The average Bonchev–Trinajstić information content (AvgIpc) is 3.03. The first-order chi connectivity index (χ1) is 12.2. The Morgan fingerprint density at radius 2 is 1.88 bits per heavy atom. The molecular weight excluding hydrogens is 310 g/mol. The minimum Gasteiger partial charge on any atom is -0.493 e. The largest absolute Gasteiger partial charge is 0.493 e. The molecule has 1 aromatic heterocycles. The van der Waals surface area contributed by atoms with E-state index in [1.807, 2.05) is 30.5 Å². The van der Waals surface area contributed by atoms with E-state index >= 15 is 0 Å². The third-order valence-electron chi connectivity index (χ3n) is 4.81. The molecule has 0 aliphatic carbocycles. The van der Waals surface area contributed by atoms with Crippen LogP contribution < -0.4 is 4.74 Å². The number of aldehydes is 1. The fourth-order valence-corrected chi connectivity index (χ4v) is 3.21. The zero-order valence-electron chi connectivity index (χ0n) is 14.9. The minimum atomic E-state index is 0.500. The highest BCUT2D eigenvalue weighted by Gasteiger charge is 2.10. The number of aryl methyl sites for hydroxylation is 1. The van der Waals surface area contributed by atoms with Crippen molar-refractivity contribution in [2.45, 2.75) is 39.2 Å². The number of carbonyl (C=O) groups excluding carboxylic acids is 1. The average molecular weight is 335 g/mol. The normalized spacial score (nSPS) is 12.2. The van der Waals surface area contributed by atoms with Gasteiger partial charge in [-0.1, -0.05) is 50.2 Å². The van der Waals surface area contributed by atoms with Crippen LogP contribution in [0.1, 0.15) is 48.5 Å². The van der Waals surface area contributed by atoms with Gasteiger partial charge in [-0.15, -0.1) is 0 Å². The molecule has 0 unspecified atom stereocenters. The molecule has 1 atom stereocenters. The van der Waals surface area contributed by atoms with Crippen LogP contribution in [0.15, 0.2) is 54.7 Å². The second kappa shape index (κ2) is 8.02. The van der Waals surface area contributed by atoms with Crippen LogP contribution in [0, 0.1) is 0 Å². The lowest BCUT2D eigenvalue weighted by atomic mass is 9.98. The summed E-state index contributed by atoms with van der Waals surface area (Å²) in [6.07, 6.45) is 4.86. The lowest BCUT2D eigenvalue weighted by Crippen LogP contribution is -2.06. The van der Waals surface area contributed by atoms with E-state index in [2.05, 4.69) is 42.7 Å². The number of rotatable bonds is 8. The first-order valence-electron chi connectivity index (χ1n) is 8.99. The number of fused-ring (bicyclic) bond motifs is 1. The van der Waals surface area contributed by atoms with E-state index in [0.29, 0.717) is 12.5 Å². The van der Waals surface area contributed by atoms with Gasteiger partial charge in [0.1, 0.15) is 5.75 Å². The molecule has 0 bridgehead atoms. The number of nitrogens with zero attached hydrogens (tertiary/aromatic N) is 1. The molecule has 3 aromatic rings. The van der Waals surface area contributed by atoms with Gasteiger partial charge < -0.3 is 9.30 Å². The summed E-state index contributed by atoms with van der Waals surface area (Å²) in [4.78, 5) is 11.2. The summed E-state index contributed by atoms with van der Waals surface area (Å²) in [5.74, 6) is 1.49. The van der Waals surface area contributed by atoms with Crippen LogP contribution in [-0.2, 0) is 6.54 Å². The van der Waals surface area contributed by atoms with Gasteiger partial charge in [0.05, 0.1) is 6.61 Å². The van der Waals surface area contributed by atoms with Crippen LogP contribution in [0.5, 0.6) is 5.75 Å². The van der Waals surface area contributed by atoms with Crippen molar-refractivity contribution in [3.8, 4) is 5.75 Å². The lowest BCUT2D eigenvalue weighted by molar-refractivity contribution is 0.112. The van der Waals surface area contributed by atoms with Crippen molar-refractivity contribution in [1.29, 1.82) is 0 Å². The quantitative estimate of drug-likeness (QED) is 0.405. The summed E-state index contributed by atoms with van der Waals surface area (Å²) in [6.45, 7) is 5.93. The Morgan fingerprint density at radius 3 is 2.68 bits per heavy atom. The Bertz CT molecular complexity index is 850. The fraction of sp³-hybridized carbons (Fsp3) is 0.318. The van der Waals surface area contributed by atoms with Crippen molar-refractivity contribution < 1.29 is 9.53 Å². The number of ether oxygens (including phenoxy) is 1. The molecule has 0 aliphatic heterocycles. The molecular formula is C22H25NO2. The van der Waals surface area contributed by atoms with Crippen LogP contribution in [0.2, 0.25) is 0 Å². The van der Waals surface area contributed by atoms with E-state index in [-0.39, 0.29) is 0 Å². The van der Waals surface area contributed by atoms with Crippen molar-refractivity contribution in [3.05, 3.63) is 65.9 Å². The van der Waals surface area contributed by atoms with Crippen LogP contribution in [0.25, 0.3) is 10.9 Å². The van der Waals surface area contributed by atoms with E-state index in [9.17, 15) is 4.79 Å². The third-order valence-corrected chi connectivity index (χ3v) is 4.81. The van der Waals surface area contributed by atoms with Gasteiger partial charge in [0.2, 0.25) is 0 Å². The highest BCUT2D eigenvalue weighted by Crippen LogP contribution is 2.28. The highest BCUT2D eigenvalue weighted by atomic mass is 16.5. The second-order valence-corrected chi connectivity index (χ2v) is 6.46. The molecule has 25 heavy (non-hydrogen) atoms. The maximum Gasteiger partial charge on any atom is 0.152 e. The molecule has 0 amide bonds. The fourth-order valence-electron chi connectivity index (χ4n) is 3.21. The van der Waals surface area contributed by atoms with Gasteiger partial charge in [-0.05, 0) is 36.5 Å².